The van der Waals surface area contributed by atoms with Crippen molar-refractivity contribution < 1.29 is 0 Å². The van der Waals surface area contributed by atoms with Crippen molar-refractivity contribution in [2.75, 3.05) is 0 Å². The van der Waals surface area contributed by atoms with E-state index in [-0.39, 0.29) is 0 Å². The predicted octanol–water partition coefficient (Wildman–Crippen LogP) is 14.6. The monoisotopic (exact) mass is 593 g/mol. The zero-order chi connectivity index (χ0) is 34.9. The number of aryl methyl sites for hydroxylation is 8. The third kappa shape index (κ3) is 39.7. The van der Waals surface area contributed by atoms with Crippen molar-refractivity contribution in [3.05, 3.63) is 105 Å². The van der Waals surface area contributed by atoms with Gasteiger partial charge < -0.3 is 0 Å². The van der Waals surface area contributed by atoms with Crippen LogP contribution < -0.4 is 0 Å². The van der Waals surface area contributed by atoms with Crippen molar-refractivity contribution in [3.8, 4) is 0 Å². The van der Waals surface area contributed by atoms with E-state index in [1.807, 2.05) is 13.8 Å². The maximum Gasteiger partial charge on any atom is -0.0392 e. The van der Waals surface area contributed by atoms with E-state index in [1.54, 1.807) is 0 Å². The standard InChI is InChI=1S/C10H14.C9H12.C8H10.2C5H12.C4H10.C2H6/c1-7-5-8(2)10(4)9(3)6-7;1-7-4-8(2)6-9(3)5-7;1-7-3-5-8(2)6-4-7;1-5(2,3)4;1-4-5(2)3;1-4(2)3;1-2/h5-6H,1-4H3;4-6H,1-3H3;3-6H,1-2H3;1-4H3;5H,4H2,1-3H3;4H,1-3H3;1-2H3. The molecule has 3 aromatic carbocycles. The van der Waals surface area contributed by atoms with Crippen LogP contribution in [0.25, 0.3) is 0 Å². The molecule has 0 radical (unpaired) electrons. The van der Waals surface area contributed by atoms with Gasteiger partial charge in [0.1, 0.15) is 0 Å². The van der Waals surface area contributed by atoms with E-state index >= 15 is 0 Å². The van der Waals surface area contributed by atoms with Crippen molar-refractivity contribution in [1.29, 1.82) is 0 Å². The molecule has 0 saturated heterocycles. The molecule has 0 atom stereocenters. The van der Waals surface area contributed by atoms with Gasteiger partial charge in [0.15, 0.2) is 0 Å². The number of hydrogen-bond donors (Lipinski definition) is 0. The highest BCUT2D eigenvalue weighted by Gasteiger charge is 1.96. The summed E-state index contributed by atoms with van der Waals surface area (Å²) < 4.78 is 0. The van der Waals surface area contributed by atoms with Crippen LogP contribution in [0.4, 0.5) is 0 Å². The quantitative estimate of drug-likeness (QED) is 0.264. The van der Waals surface area contributed by atoms with Crippen molar-refractivity contribution in [2.24, 2.45) is 17.3 Å². The van der Waals surface area contributed by atoms with Gasteiger partial charge in [0.05, 0.1) is 0 Å². The van der Waals surface area contributed by atoms with Crippen molar-refractivity contribution in [3.63, 3.8) is 0 Å². The van der Waals surface area contributed by atoms with Gasteiger partial charge in [-0.05, 0) is 96.3 Å². The Morgan fingerprint density at radius 1 is 0.465 bits per heavy atom. The molecule has 0 aliphatic carbocycles. The van der Waals surface area contributed by atoms with Crippen LogP contribution in [0.5, 0.6) is 0 Å². The molecule has 0 heteroatoms. The lowest BCUT2D eigenvalue weighted by molar-refractivity contribution is 0.469. The molecule has 0 aliphatic heterocycles. The van der Waals surface area contributed by atoms with Crippen molar-refractivity contribution in [1.82, 2.24) is 0 Å². The van der Waals surface area contributed by atoms with Gasteiger partial charge in [-0.15, -0.1) is 0 Å². The summed E-state index contributed by atoms with van der Waals surface area (Å²) in [5, 5.41) is 0. The van der Waals surface area contributed by atoms with Crippen LogP contribution >= 0.6 is 0 Å². The van der Waals surface area contributed by atoms with Crippen LogP contribution in [0.2, 0.25) is 0 Å². The van der Waals surface area contributed by atoms with E-state index in [1.165, 1.54) is 56.5 Å². The summed E-state index contributed by atoms with van der Waals surface area (Å²) in [6.45, 7) is 45.1. The Bertz CT molecular complexity index is 937. The van der Waals surface area contributed by atoms with E-state index in [0.717, 1.165) is 11.8 Å². The fraction of sp³-hybridized carbons (Fsp3) is 0.581. The van der Waals surface area contributed by atoms with Gasteiger partial charge >= 0.3 is 0 Å². The number of hydrogen-bond acceptors (Lipinski definition) is 0. The van der Waals surface area contributed by atoms with Gasteiger partial charge in [0, 0.05) is 0 Å². The summed E-state index contributed by atoms with van der Waals surface area (Å²) in [5.41, 5.74) is 12.8. The molecule has 0 saturated carbocycles. The molecule has 0 heterocycles. The lowest BCUT2D eigenvalue weighted by Gasteiger charge is -2.05. The minimum atomic E-state index is 0.500. The zero-order valence-electron chi connectivity index (χ0n) is 33.1. The molecule has 0 aromatic heterocycles. The van der Waals surface area contributed by atoms with E-state index < -0.39 is 0 Å². The van der Waals surface area contributed by atoms with E-state index in [4.69, 9.17) is 0 Å². The molecule has 0 spiro atoms. The van der Waals surface area contributed by atoms with Crippen molar-refractivity contribution in [2.45, 2.75) is 152 Å². The van der Waals surface area contributed by atoms with Crippen molar-refractivity contribution >= 4 is 0 Å². The largest absolute Gasteiger partial charge is 0.0683 e. The molecule has 3 rings (SSSR count). The zero-order valence-corrected chi connectivity index (χ0v) is 33.1. The first-order chi connectivity index (χ1) is 19.6. The Hall–Kier alpha value is -2.34. The average molecular weight is 593 g/mol. The molecule has 0 unspecified atom stereocenters. The third-order valence-electron chi connectivity index (χ3n) is 5.47. The summed E-state index contributed by atoms with van der Waals surface area (Å²) in [6, 6.07) is 19.5. The second kappa shape index (κ2) is 27.2. The van der Waals surface area contributed by atoms with Gasteiger partial charge in [-0.3, -0.25) is 0 Å². The molecular weight excluding hydrogens is 516 g/mol. The molecule has 0 fully saturated rings. The van der Waals surface area contributed by atoms with E-state index in [9.17, 15) is 0 Å². The lowest BCUT2D eigenvalue weighted by Crippen LogP contribution is -1.93. The maximum atomic E-state index is 2.22. The van der Waals surface area contributed by atoms with Gasteiger partial charge in [0.2, 0.25) is 0 Å². The first-order valence-electron chi connectivity index (χ1n) is 16.7. The molecule has 0 N–H and O–H groups in total. The lowest BCUT2D eigenvalue weighted by atomic mass is 10.0. The SMILES string of the molecule is CC.CC(C)(C)C.CC(C)C.CCC(C)C.Cc1cc(C)c(C)c(C)c1.Cc1cc(C)cc(C)c1.Cc1ccc(C)cc1. The van der Waals surface area contributed by atoms with Crippen LogP contribution in [0.3, 0.4) is 0 Å². The average Bonchev–Trinajstić information content (AvgIpc) is 2.84. The van der Waals surface area contributed by atoms with Gasteiger partial charge in [-0.25, -0.2) is 0 Å². The second-order valence-electron chi connectivity index (χ2n) is 14.4. The van der Waals surface area contributed by atoms with Crippen LogP contribution in [0.1, 0.15) is 140 Å². The molecule has 0 amide bonds. The predicted molar refractivity (Wildman–Crippen MR) is 204 cm³/mol. The molecule has 248 valence electrons. The topological polar surface area (TPSA) is 0 Å². The van der Waals surface area contributed by atoms with Crippen LogP contribution in [0, 0.1) is 79.6 Å². The fourth-order valence-electron chi connectivity index (χ4n) is 3.09. The van der Waals surface area contributed by atoms with Crippen LogP contribution in [-0.4, -0.2) is 0 Å². The number of benzene rings is 3. The number of rotatable bonds is 1. The first kappa shape index (κ1) is 47.6. The highest BCUT2D eigenvalue weighted by Crippen LogP contribution is 2.14. The highest BCUT2D eigenvalue weighted by atomic mass is 14.0. The maximum absolute atomic E-state index is 2.22. The van der Waals surface area contributed by atoms with Crippen LogP contribution in [0.15, 0.2) is 54.6 Å². The van der Waals surface area contributed by atoms with Gasteiger partial charge in [-0.1, -0.05) is 177 Å². The molecule has 3 aromatic rings. The Morgan fingerprint density at radius 3 is 0.837 bits per heavy atom. The minimum absolute atomic E-state index is 0.500. The van der Waals surface area contributed by atoms with E-state index in [2.05, 4.69) is 186 Å². The second-order valence-corrected chi connectivity index (χ2v) is 14.4. The normalized spacial score (nSPS) is 9.56. The third-order valence-corrected chi connectivity index (χ3v) is 5.47. The van der Waals surface area contributed by atoms with Gasteiger partial charge in [0.25, 0.3) is 0 Å². The highest BCUT2D eigenvalue weighted by molar-refractivity contribution is 5.36. The fourth-order valence-corrected chi connectivity index (χ4v) is 3.09. The Kier molecular flexibility index (Phi) is 30.1. The summed E-state index contributed by atoms with van der Waals surface area (Å²) in [6.07, 6.45) is 1.31. The minimum Gasteiger partial charge on any atom is -0.0683 e. The summed E-state index contributed by atoms with van der Waals surface area (Å²) >= 11 is 0. The molecular formula is C43H76. The van der Waals surface area contributed by atoms with Crippen LogP contribution in [-0.2, 0) is 0 Å². The molecule has 0 aliphatic rings. The molecule has 43 heavy (non-hydrogen) atoms. The first-order valence-corrected chi connectivity index (χ1v) is 16.7. The molecule has 0 nitrogen and oxygen atoms in total. The Labute approximate surface area is 273 Å². The summed E-state index contributed by atoms with van der Waals surface area (Å²) in [5.74, 6) is 1.72. The Balaban J connectivity index is -0.000000216. The van der Waals surface area contributed by atoms with E-state index in [0.29, 0.717) is 5.41 Å². The van der Waals surface area contributed by atoms with Gasteiger partial charge in [-0.2, -0.15) is 0 Å². The smallest absolute Gasteiger partial charge is 0.0392 e. The summed E-state index contributed by atoms with van der Waals surface area (Å²) in [7, 11) is 0. The summed E-state index contributed by atoms with van der Waals surface area (Å²) in [4.78, 5) is 0. The molecule has 0 bridgehead atoms. The Morgan fingerprint density at radius 2 is 0.651 bits per heavy atom.